The Hall–Kier alpha value is -1.60. The molecule has 0 spiro atoms. The molecule has 1 saturated carbocycles. The first-order valence-electron chi connectivity index (χ1n) is 7.66. The fourth-order valence-corrected chi connectivity index (χ4v) is 2.99. The average molecular weight is 265 g/mol. The van der Waals surface area contributed by atoms with Crippen LogP contribution in [0.25, 0.3) is 11.1 Å². The van der Waals surface area contributed by atoms with Gasteiger partial charge in [-0.15, -0.1) is 0 Å². The van der Waals surface area contributed by atoms with E-state index in [1.54, 1.807) is 0 Å². The maximum Gasteiger partial charge on any atom is 0.0295 e. The molecule has 104 valence electrons. The summed E-state index contributed by atoms with van der Waals surface area (Å²) in [6.45, 7) is 2.22. The van der Waals surface area contributed by atoms with Crippen molar-refractivity contribution in [1.82, 2.24) is 5.32 Å². The standard InChI is InChI=1S/C19H23N/c1-14(20-2)18-11-3-4-12-19(18)17-10-6-9-16(13-17)15-7-5-8-15/h3-4,6,9-15,20H,5,7-8H2,1-2H3. The molecule has 1 N–H and O–H groups in total. The Kier molecular flexibility index (Phi) is 3.88. The molecule has 1 unspecified atom stereocenters. The lowest BCUT2D eigenvalue weighted by atomic mass is 9.79. The minimum atomic E-state index is 0.374. The Balaban J connectivity index is 2.00. The van der Waals surface area contributed by atoms with E-state index >= 15 is 0 Å². The minimum absolute atomic E-state index is 0.374. The topological polar surface area (TPSA) is 12.0 Å². The van der Waals surface area contributed by atoms with Gasteiger partial charge >= 0.3 is 0 Å². The van der Waals surface area contributed by atoms with Crippen LogP contribution < -0.4 is 5.32 Å². The molecule has 2 aromatic carbocycles. The molecule has 0 heterocycles. The van der Waals surface area contributed by atoms with Crippen LogP contribution in [0.2, 0.25) is 0 Å². The molecule has 1 heteroatoms. The third kappa shape index (κ3) is 2.51. The van der Waals surface area contributed by atoms with Gasteiger partial charge in [-0.1, -0.05) is 55.0 Å². The summed E-state index contributed by atoms with van der Waals surface area (Å²) in [6.07, 6.45) is 4.11. The van der Waals surface area contributed by atoms with Gasteiger partial charge in [0, 0.05) is 6.04 Å². The van der Waals surface area contributed by atoms with Crippen molar-refractivity contribution in [2.75, 3.05) is 7.05 Å². The molecule has 0 aromatic heterocycles. The summed E-state index contributed by atoms with van der Waals surface area (Å²) in [5, 5.41) is 3.35. The normalized spacial score (nSPS) is 16.7. The second-order valence-electron chi connectivity index (χ2n) is 5.85. The fraction of sp³-hybridized carbons (Fsp3) is 0.368. The molecule has 20 heavy (non-hydrogen) atoms. The van der Waals surface area contributed by atoms with Crippen molar-refractivity contribution in [2.24, 2.45) is 0 Å². The highest BCUT2D eigenvalue weighted by Crippen LogP contribution is 2.38. The summed E-state index contributed by atoms with van der Waals surface area (Å²) in [4.78, 5) is 0. The zero-order valence-corrected chi connectivity index (χ0v) is 12.4. The van der Waals surface area contributed by atoms with E-state index in [1.807, 2.05) is 7.05 Å². The lowest BCUT2D eigenvalue weighted by Gasteiger charge is -2.26. The van der Waals surface area contributed by atoms with E-state index in [1.165, 1.54) is 41.5 Å². The van der Waals surface area contributed by atoms with Gasteiger partial charge in [0.25, 0.3) is 0 Å². The van der Waals surface area contributed by atoms with Crippen LogP contribution in [0.1, 0.15) is 49.3 Å². The zero-order valence-electron chi connectivity index (χ0n) is 12.4. The Bertz CT molecular complexity index is 584. The summed E-state index contributed by atoms with van der Waals surface area (Å²) in [6, 6.07) is 18.2. The molecule has 0 amide bonds. The van der Waals surface area contributed by atoms with Gasteiger partial charge in [-0.2, -0.15) is 0 Å². The van der Waals surface area contributed by atoms with Gasteiger partial charge in [0.2, 0.25) is 0 Å². The smallest absolute Gasteiger partial charge is 0.0295 e. The number of nitrogens with one attached hydrogen (secondary N) is 1. The van der Waals surface area contributed by atoms with Crippen molar-refractivity contribution >= 4 is 0 Å². The minimum Gasteiger partial charge on any atom is -0.313 e. The average Bonchev–Trinajstić information content (AvgIpc) is 2.45. The zero-order chi connectivity index (χ0) is 13.9. The molecular weight excluding hydrogens is 242 g/mol. The van der Waals surface area contributed by atoms with Crippen LogP contribution in [-0.4, -0.2) is 7.05 Å². The maximum absolute atomic E-state index is 3.35. The number of hydrogen-bond donors (Lipinski definition) is 1. The van der Waals surface area contributed by atoms with Crippen LogP contribution in [0.15, 0.2) is 48.5 Å². The summed E-state index contributed by atoms with van der Waals surface area (Å²) in [7, 11) is 2.02. The van der Waals surface area contributed by atoms with E-state index in [9.17, 15) is 0 Å². The molecule has 1 aliphatic carbocycles. The molecule has 0 aliphatic heterocycles. The fourth-order valence-electron chi connectivity index (χ4n) is 2.99. The monoisotopic (exact) mass is 265 g/mol. The highest BCUT2D eigenvalue weighted by atomic mass is 14.9. The van der Waals surface area contributed by atoms with E-state index in [0.717, 1.165) is 5.92 Å². The first-order chi connectivity index (χ1) is 9.79. The molecule has 3 rings (SSSR count). The van der Waals surface area contributed by atoms with Crippen molar-refractivity contribution in [3.05, 3.63) is 59.7 Å². The number of hydrogen-bond acceptors (Lipinski definition) is 1. The van der Waals surface area contributed by atoms with Crippen LogP contribution in [-0.2, 0) is 0 Å². The molecule has 0 radical (unpaired) electrons. The Morgan fingerprint density at radius 3 is 2.55 bits per heavy atom. The van der Waals surface area contributed by atoms with Crippen molar-refractivity contribution in [3.63, 3.8) is 0 Å². The Morgan fingerprint density at radius 1 is 1.05 bits per heavy atom. The van der Waals surface area contributed by atoms with Crippen molar-refractivity contribution in [1.29, 1.82) is 0 Å². The Morgan fingerprint density at radius 2 is 1.85 bits per heavy atom. The summed E-state index contributed by atoms with van der Waals surface area (Å²) < 4.78 is 0. The number of benzene rings is 2. The molecule has 1 atom stereocenters. The lowest BCUT2D eigenvalue weighted by Crippen LogP contribution is -2.13. The van der Waals surface area contributed by atoms with E-state index < -0.39 is 0 Å². The quantitative estimate of drug-likeness (QED) is 0.829. The predicted molar refractivity (Wildman–Crippen MR) is 85.9 cm³/mol. The third-order valence-electron chi connectivity index (χ3n) is 4.63. The largest absolute Gasteiger partial charge is 0.313 e. The highest BCUT2D eigenvalue weighted by molar-refractivity contribution is 5.68. The first-order valence-corrected chi connectivity index (χ1v) is 7.66. The van der Waals surface area contributed by atoms with Gasteiger partial charge in [-0.3, -0.25) is 0 Å². The van der Waals surface area contributed by atoms with E-state index in [4.69, 9.17) is 0 Å². The van der Waals surface area contributed by atoms with Crippen LogP contribution in [0.4, 0.5) is 0 Å². The highest BCUT2D eigenvalue weighted by Gasteiger charge is 2.20. The second kappa shape index (κ2) is 5.80. The van der Waals surface area contributed by atoms with E-state index in [2.05, 4.69) is 60.8 Å². The SMILES string of the molecule is CNC(C)c1ccccc1-c1cccc(C2CCC2)c1. The number of rotatable bonds is 4. The van der Waals surface area contributed by atoms with Gasteiger partial charge in [0.1, 0.15) is 0 Å². The van der Waals surface area contributed by atoms with E-state index in [0.29, 0.717) is 6.04 Å². The van der Waals surface area contributed by atoms with Crippen LogP contribution in [0.5, 0.6) is 0 Å². The molecular formula is C19H23N. The van der Waals surface area contributed by atoms with Crippen LogP contribution in [0, 0.1) is 0 Å². The molecule has 1 aliphatic rings. The van der Waals surface area contributed by atoms with Gasteiger partial charge in [0.15, 0.2) is 0 Å². The maximum atomic E-state index is 3.35. The van der Waals surface area contributed by atoms with Gasteiger partial charge in [-0.05, 0) is 55.0 Å². The molecule has 1 nitrogen and oxygen atoms in total. The lowest BCUT2D eigenvalue weighted by molar-refractivity contribution is 0.420. The van der Waals surface area contributed by atoms with Crippen molar-refractivity contribution < 1.29 is 0 Å². The summed E-state index contributed by atoms with van der Waals surface area (Å²) >= 11 is 0. The molecule has 0 bridgehead atoms. The van der Waals surface area contributed by atoms with Gasteiger partial charge in [0.05, 0.1) is 0 Å². The third-order valence-corrected chi connectivity index (χ3v) is 4.63. The van der Waals surface area contributed by atoms with Crippen molar-refractivity contribution in [3.8, 4) is 11.1 Å². The molecule has 2 aromatic rings. The molecule has 1 fully saturated rings. The van der Waals surface area contributed by atoms with Gasteiger partial charge < -0.3 is 5.32 Å². The van der Waals surface area contributed by atoms with E-state index in [-0.39, 0.29) is 0 Å². The Labute approximate surface area is 122 Å². The van der Waals surface area contributed by atoms with Crippen molar-refractivity contribution in [2.45, 2.75) is 38.1 Å². The predicted octanol–water partition coefficient (Wildman–Crippen LogP) is 4.90. The van der Waals surface area contributed by atoms with Gasteiger partial charge in [-0.25, -0.2) is 0 Å². The summed E-state index contributed by atoms with van der Waals surface area (Å²) in [5.74, 6) is 0.795. The first kappa shape index (κ1) is 13.4. The van der Waals surface area contributed by atoms with Crippen LogP contribution in [0.3, 0.4) is 0 Å². The second-order valence-corrected chi connectivity index (χ2v) is 5.85. The molecule has 0 saturated heterocycles. The summed E-state index contributed by atoms with van der Waals surface area (Å²) in [5.41, 5.74) is 5.60. The van der Waals surface area contributed by atoms with Crippen LogP contribution >= 0.6 is 0 Å².